The molecular weight excluding hydrogens is 319 g/mol. The first kappa shape index (κ1) is 16.0. The zero-order valence-corrected chi connectivity index (χ0v) is 14.2. The van der Waals surface area contributed by atoms with Crippen LogP contribution in [0.1, 0.15) is 23.8 Å². The summed E-state index contributed by atoms with van der Waals surface area (Å²) < 4.78 is 21.1. The summed E-state index contributed by atoms with van der Waals surface area (Å²) in [6.07, 6.45) is 2.12. The van der Waals surface area contributed by atoms with Crippen LogP contribution in [0.15, 0.2) is 40.8 Å². The minimum Gasteiger partial charge on any atom is -0.460 e. The molecule has 6 heteroatoms. The fourth-order valence-electron chi connectivity index (χ4n) is 3.34. The van der Waals surface area contributed by atoms with E-state index in [4.69, 9.17) is 4.42 Å². The van der Waals surface area contributed by atoms with E-state index in [-0.39, 0.29) is 5.82 Å². The molecule has 1 aliphatic heterocycles. The number of benzene rings is 1. The Morgan fingerprint density at radius 1 is 1.20 bits per heavy atom. The molecule has 2 aromatic heterocycles. The van der Waals surface area contributed by atoms with Gasteiger partial charge in [0.15, 0.2) is 0 Å². The van der Waals surface area contributed by atoms with Crippen molar-refractivity contribution in [2.75, 3.05) is 6.54 Å². The van der Waals surface area contributed by atoms with Gasteiger partial charge in [0, 0.05) is 25.1 Å². The van der Waals surface area contributed by atoms with Crippen molar-refractivity contribution in [2.45, 2.75) is 32.9 Å². The molecule has 0 spiro atoms. The van der Waals surface area contributed by atoms with E-state index < -0.39 is 0 Å². The minimum absolute atomic E-state index is 0.240. The Morgan fingerprint density at radius 2 is 2.04 bits per heavy atom. The molecule has 1 aromatic carbocycles. The zero-order chi connectivity index (χ0) is 17.2. The van der Waals surface area contributed by atoms with Crippen molar-refractivity contribution in [1.82, 2.24) is 20.1 Å². The number of nitrogens with zero attached hydrogens (tertiary/aromatic N) is 3. The maximum Gasteiger partial charge on any atom is 0.134 e. The van der Waals surface area contributed by atoms with Crippen molar-refractivity contribution < 1.29 is 8.81 Å². The van der Waals surface area contributed by atoms with Crippen LogP contribution in [0.3, 0.4) is 0 Å². The molecule has 0 saturated heterocycles. The van der Waals surface area contributed by atoms with Gasteiger partial charge in [-0.3, -0.25) is 0 Å². The smallest absolute Gasteiger partial charge is 0.134 e. The van der Waals surface area contributed by atoms with E-state index in [0.29, 0.717) is 12.5 Å². The van der Waals surface area contributed by atoms with Crippen LogP contribution in [0.2, 0.25) is 0 Å². The molecule has 4 rings (SSSR count). The largest absolute Gasteiger partial charge is 0.460 e. The summed E-state index contributed by atoms with van der Waals surface area (Å²) in [5.74, 6) is 4.08. The lowest BCUT2D eigenvalue weighted by atomic mass is 9.99. The molecule has 1 N–H and O–H groups in total. The van der Waals surface area contributed by atoms with Crippen LogP contribution < -0.4 is 5.32 Å². The van der Waals surface area contributed by atoms with Gasteiger partial charge in [0.25, 0.3) is 0 Å². The molecule has 0 unspecified atom stereocenters. The molecule has 0 radical (unpaired) electrons. The van der Waals surface area contributed by atoms with E-state index in [2.05, 4.69) is 20.1 Å². The minimum atomic E-state index is -0.240. The van der Waals surface area contributed by atoms with Crippen molar-refractivity contribution >= 4 is 0 Å². The molecule has 0 saturated carbocycles. The Morgan fingerprint density at radius 3 is 2.88 bits per heavy atom. The van der Waals surface area contributed by atoms with Gasteiger partial charge in [-0.25, -0.2) is 4.39 Å². The molecule has 130 valence electrons. The van der Waals surface area contributed by atoms with E-state index in [1.54, 1.807) is 12.1 Å². The molecule has 25 heavy (non-hydrogen) atoms. The maximum absolute atomic E-state index is 13.0. The van der Waals surface area contributed by atoms with Crippen LogP contribution >= 0.6 is 0 Å². The molecule has 0 bridgehead atoms. The second-order valence-electron chi connectivity index (χ2n) is 6.58. The Labute approximate surface area is 145 Å². The summed E-state index contributed by atoms with van der Waals surface area (Å²) in [4.78, 5) is 0. The van der Waals surface area contributed by atoms with Crippen LogP contribution in [0.4, 0.5) is 4.39 Å². The lowest BCUT2D eigenvalue weighted by molar-refractivity contribution is 0.339. The van der Waals surface area contributed by atoms with Gasteiger partial charge in [-0.15, -0.1) is 10.2 Å². The summed E-state index contributed by atoms with van der Waals surface area (Å²) in [5.41, 5.74) is 0.885. The number of hydrogen-bond acceptors (Lipinski definition) is 4. The molecule has 5 nitrogen and oxygen atoms in total. The SMILES string of the molecule is Cc1nnc2n1C[C@H](CNCc1ccc(-c3ccc(F)cc3)o1)CC2. The van der Waals surface area contributed by atoms with Crippen LogP contribution in [0.5, 0.6) is 0 Å². The van der Waals surface area contributed by atoms with E-state index in [9.17, 15) is 4.39 Å². The second kappa shape index (κ2) is 6.80. The quantitative estimate of drug-likeness (QED) is 0.774. The van der Waals surface area contributed by atoms with E-state index in [0.717, 1.165) is 54.7 Å². The van der Waals surface area contributed by atoms with Crippen LogP contribution in [-0.4, -0.2) is 21.3 Å². The third-order valence-electron chi connectivity index (χ3n) is 4.75. The summed E-state index contributed by atoms with van der Waals surface area (Å²) >= 11 is 0. The summed E-state index contributed by atoms with van der Waals surface area (Å²) in [6.45, 7) is 4.60. The number of nitrogens with one attached hydrogen (secondary N) is 1. The van der Waals surface area contributed by atoms with Gasteiger partial charge in [-0.1, -0.05) is 0 Å². The van der Waals surface area contributed by atoms with Crippen molar-refractivity contribution in [3.8, 4) is 11.3 Å². The Balaban J connectivity index is 1.31. The predicted octanol–water partition coefficient (Wildman–Crippen LogP) is 3.34. The Hall–Kier alpha value is -2.47. The molecule has 0 fully saturated rings. The summed E-state index contributed by atoms with van der Waals surface area (Å²) in [6, 6.07) is 10.2. The lowest BCUT2D eigenvalue weighted by Crippen LogP contribution is -2.30. The lowest BCUT2D eigenvalue weighted by Gasteiger charge is -2.24. The standard InChI is InChI=1S/C19H21FN4O/c1-13-22-23-19-9-2-14(12-24(13)19)10-21-11-17-7-8-18(25-17)15-3-5-16(20)6-4-15/h3-8,14,21H,2,9-12H2,1H3/t14-/m0/s1. The molecule has 1 atom stereocenters. The number of furan rings is 1. The first-order valence-corrected chi connectivity index (χ1v) is 8.63. The van der Waals surface area contributed by atoms with E-state index in [1.165, 1.54) is 12.1 Å². The highest BCUT2D eigenvalue weighted by atomic mass is 19.1. The molecule has 0 aliphatic carbocycles. The topological polar surface area (TPSA) is 55.9 Å². The maximum atomic E-state index is 13.0. The van der Waals surface area contributed by atoms with Gasteiger partial charge >= 0.3 is 0 Å². The van der Waals surface area contributed by atoms with Gasteiger partial charge in [0.1, 0.15) is 29.0 Å². The highest BCUT2D eigenvalue weighted by Gasteiger charge is 2.21. The molecule has 3 heterocycles. The number of aromatic nitrogens is 3. The molecule has 3 aromatic rings. The second-order valence-corrected chi connectivity index (χ2v) is 6.58. The monoisotopic (exact) mass is 340 g/mol. The van der Waals surface area contributed by atoms with Crippen LogP contribution in [-0.2, 0) is 19.5 Å². The number of fused-ring (bicyclic) bond motifs is 1. The van der Waals surface area contributed by atoms with Crippen molar-refractivity contribution in [3.63, 3.8) is 0 Å². The molecule has 0 amide bonds. The number of halogens is 1. The third-order valence-corrected chi connectivity index (χ3v) is 4.75. The van der Waals surface area contributed by atoms with E-state index in [1.807, 2.05) is 19.1 Å². The normalized spacial score (nSPS) is 16.8. The third kappa shape index (κ3) is 3.49. The van der Waals surface area contributed by atoms with Crippen LogP contribution in [0, 0.1) is 18.7 Å². The fraction of sp³-hybridized carbons (Fsp3) is 0.368. The first-order chi connectivity index (χ1) is 12.2. The number of rotatable bonds is 5. The summed E-state index contributed by atoms with van der Waals surface area (Å²) in [7, 11) is 0. The summed E-state index contributed by atoms with van der Waals surface area (Å²) in [5, 5.41) is 11.8. The Kier molecular flexibility index (Phi) is 4.36. The fourth-order valence-corrected chi connectivity index (χ4v) is 3.34. The van der Waals surface area contributed by atoms with E-state index >= 15 is 0 Å². The predicted molar refractivity (Wildman–Crippen MR) is 92.4 cm³/mol. The van der Waals surface area contributed by atoms with Crippen molar-refractivity contribution in [2.24, 2.45) is 5.92 Å². The number of hydrogen-bond donors (Lipinski definition) is 1. The average Bonchev–Trinajstić information content (AvgIpc) is 3.23. The van der Waals surface area contributed by atoms with Gasteiger partial charge < -0.3 is 14.3 Å². The Bertz CT molecular complexity index is 853. The van der Waals surface area contributed by atoms with Gasteiger partial charge in [-0.05, 0) is 55.7 Å². The number of aryl methyl sites for hydroxylation is 2. The first-order valence-electron chi connectivity index (χ1n) is 8.63. The average molecular weight is 340 g/mol. The highest BCUT2D eigenvalue weighted by molar-refractivity contribution is 5.57. The van der Waals surface area contributed by atoms with Crippen molar-refractivity contribution in [3.05, 3.63) is 59.6 Å². The van der Waals surface area contributed by atoms with Gasteiger partial charge in [0.2, 0.25) is 0 Å². The molecular formula is C19H21FN4O. The van der Waals surface area contributed by atoms with Gasteiger partial charge in [-0.2, -0.15) is 0 Å². The van der Waals surface area contributed by atoms with Crippen LogP contribution in [0.25, 0.3) is 11.3 Å². The zero-order valence-electron chi connectivity index (χ0n) is 14.2. The van der Waals surface area contributed by atoms with Crippen molar-refractivity contribution in [1.29, 1.82) is 0 Å². The molecule has 1 aliphatic rings. The van der Waals surface area contributed by atoms with Gasteiger partial charge in [0.05, 0.1) is 6.54 Å². The highest BCUT2D eigenvalue weighted by Crippen LogP contribution is 2.23.